The second-order valence-electron chi connectivity index (χ2n) is 3.75. The molecule has 0 bridgehead atoms. The van der Waals surface area contributed by atoms with Crippen molar-refractivity contribution in [1.82, 2.24) is 19.9 Å². The van der Waals surface area contributed by atoms with Crippen molar-refractivity contribution in [3.63, 3.8) is 0 Å². The highest BCUT2D eigenvalue weighted by Crippen LogP contribution is 2.18. The molecule has 2 aromatic heterocycles. The lowest BCUT2D eigenvalue weighted by Gasteiger charge is -1.98. The zero-order valence-corrected chi connectivity index (χ0v) is 9.09. The summed E-state index contributed by atoms with van der Waals surface area (Å²) in [5.74, 6) is 0.795. The number of nitrogens with zero attached hydrogens (tertiary/aromatic N) is 3. The van der Waals surface area contributed by atoms with E-state index in [0.717, 1.165) is 22.5 Å². The number of benzene rings is 1. The van der Waals surface area contributed by atoms with E-state index in [0.29, 0.717) is 12.2 Å². The molecular weight excluding hydrogens is 214 g/mol. The highest BCUT2D eigenvalue weighted by Gasteiger charge is 2.05. The largest absolute Gasteiger partial charge is 0.335 e. The van der Waals surface area contributed by atoms with Crippen LogP contribution in [0.3, 0.4) is 0 Å². The zero-order valence-electron chi connectivity index (χ0n) is 9.09. The van der Waals surface area contributed by atoms with Crippen LogP contribution >= 0.6 is 0 Å². The molecule has 0 radical (unpaired) electrons. The van der Waals surface area contributed by atoms with E-state index in [1.807, 2.05) is 24.3 Å². The minimum absolute atomic E-state index is 0.548. The van der Waals surface area contributed by atoms with E-state index in [1.54, 1.807) is 6.20 Å². The van der Waals surface area contributed by atoms with Crippen LogP contribution in [0.2, 0.25) is 0 Å². The van der Waals surface area contributed by atoms with Crippen LogP contribution in [0.4, 0.5) is 0 Å². The molecule has 3 N–H and O–H groups in total. The average Bonchev–Trinajstić information content (AvgIpc) is 2.82. The molecular formula is C12H11N5. The third-order valence-electron chi connectivity index (χ3n) is 2.63. The number of nitrogens with two attached hydrogens (primary N) is 1. The molecule has 0 unspecified atom stereocenters. The minimum Gasteiger partial charge on any atom is -0.335 e. The van der Waals surface area contributed by atoms with Gasteiger partial charge in [-0.2, -0.15) is 0 Å². The molecule has 1 aromatic carbocycles. The number of H-pyrrole nitrogens is 1. The second-order valence-corrected chi connectivity index (χ2v) is 3.75. The van der Waals surface area contributed by atoms with Crippen molar-refractivity contribution in [2.75, 3.05) is 0 Å². The summed E-state index contributed by atoms with van der Waals surface area (Å²) in [5, 5.41) is 0. The molecule has 0 aliphatic rings. The summed E-state index contributed by atoms with van der Waals surface area (Å²) in [5.41, 5.74) is 9.19. The predicted molar refractivity (Wildman–Crippen MR) is 65.0 cm³/mol. The van der Waals surface area contributed by atoms with E-state index in [2.05, 4.69) is 19.9 Å². The lowest BCUT2D eigenvalue weighted by molar-refractivity contribution is 1.07. The van der Waals surface area contributed by atoms with Crippen LogP contribution in [0.5, 0.6) is 0 Å². The number of rotatable bonds is 2. The predicted octanol–water partition coefficient (Wildman–Crippen LogP) is 1.48. The Labute approximate surface area is 97.7 Å². The van der Waals surface area contributed by atoms with Crippen LogP contribution in [0.1, 0.15) is 5.56 Å². The fraction of sp³-hybridized carbons (Fsp3) is 0.0833. The molecule has 0 saturated carbocycles. The lowest BCUT2D eigenvalue weighted by Crippen LogP contribution is -1.95. The van der Waals surface area contributed by atoms with Gasteiger partial charge in [-0.25, -0.2) is 15.0 Å². The number of imidazole rings is 1. The third-order valence-corrected chi connectivity index (χ3v) is 2.63. The molecule has 5 heteroatoms. The van der Waals surface area contributed by atoms with E-state index in [9.17, 15) is 0 Å². The molecule has 0 fully saturated rings. The number of nitrogens with one attached hydrogen (secondary N) is 1. The second kappa shape index (κ2) is 3.95. The van der Waals surface area contributed by atoms with Crippen LogP contribution in [-0.2, 0) is 6.54 Å². The molecule has 5 nitrogen and oxygen atoms in total. The highest BCUT2D eigenvalue weighted by molar-refractivity contribution is 5.74. The standard InChI is InChI=1S/C12H11N5/c13-5-8-1-3-9(4-2-8)11-16-10-6-14-7-15-12(10)17-11/h1-4,6-7H,5,13H2,(H,14,15,16,17). The Hall–Kier alpha value is -2.27. The van der Waals surface area contributed by atoms with Crippen molar-refractivity contribution in [1.29, 1.82) is 0 Å². The molecule has 0 aliphatic carbocycles. The van der Waals surface area contributed by atoms with Gasteiger partial charge in [0.1, 0.15) is 17.7 Å². The highest BCUT2D eigenvalue weighted by atomic mass is 15.0. The molecule has 0 saturated heterocycles. The number of hydrogen-bond acceptors (Lipinski definition) is 4. The van der Waals surface area contributed by atoms with Gasteiger partial charge in [-0.05, 0) is 5.56 Å². The number of aromatic nitrogens is 4. The Morgan fingerprint density at radius 2 is 2.00 bits per heavy atom. The molecule has 17 heavy (non-hydrogen) atoms. The Kier molecular flexibility index (Phi) is 2.31. The summed E-state index contributed by atoms with van der Waals surface area (Å²) < 4.78 is 0. The molecule has 3 rings (SSSR count). The van der Waals surface area contributed by atoms with Gasteiger partial charge in [-0.15, -0.1) is 0 Å². The summed E-state index contributed by atoms with van der Waals surface area (Å²) in [6.07, 6.45) is 3.21. The summed E-state index contributed by atoms with van der Waals surface area (Å²) in [6.45, 7) is 0.548. The van der Waals surface area contributed by atoms with Crippen LogP contribution < -0.4 is 5.73 Å². The van der Waals surface area contributed by atoms with E-state index >= 15 is 0 Å². The number of fused-ring (bicyclic) bond motifs is 1. The van der Waals surface area contributed by atoms with Gasteiger partial charge in [0.05, 0.1) is 6.20 Å². The smallest absolute Gasteiger partial charge is 0.181 e. The van der Waals surface area contributed by atoms with Crippen molar-refractivity contribution in [2.24, 2.45) is 5.73 Å². The summed E-state index contributed by atoms with van der Waals surface area (Å²) in [6, 6.07) is 7.98. The molecule has 3 aromatic rings. The van der Waals surface area contributed by atoms with Gasteiger partial charge < -0.3 is 10.7 Å². The summed E-state index contributed by atoms with van der Waals surface area (Å²) >= 11 is 0. The van der Waals surface area contributed by atoms with Crippen LogP contribution in [0.15, 0.2) is 36.8 Å². The SMILES string of the molecule is NCc1ccc(-c2nc3ncncc3[nH]2)cc1. The maximum atomic E-state index is 5.56. The fourth-order valence-corrected chi connectivity index (χ4v) is 1.70. The first kappa shape index (κ1) is 9.92. The molecule has 0 atom stereocenters. The van der Waals surface area contributed by atoms with Gasteiger partial charge in [0.15, 0.2) is 5.65 Å². The first-order valence-electron chi connectivity index (χ1n) is 5.32. The van der Waals surface area contributed by atoms with Gasteiger partial charge in [0.2, 0.25) is 0 Å². The Bertz CT molecular complexity index is 608. The lowest BCUT2D eigenvalue weighted by atomic mass is 10.1. The van der Waals surface area contributed by atoms with Gasteiger partial charge in [-0.3, -0.25) is 0 Å². The summed E-state index contributed by atoms with van der Waals surface area (Å²) in [7, 11) is 0. The molecule has 0 amide bonds. The van der Waals surface area contributed by atoms with Crippen molar-refractivity contribution in [3.8, 4) is 11.4 Å². The normalized spacial score (nSPS) is 10.9. The Morgan fingerprint density at radius 1 is 1.18 bits per heavy atom. The van der Waals surface area contributed by atoms with Crippen LogP contribution in [0.25, 0.3) is 22.6 Å². The Balaban J connectivity index is 2.07. The summed E-state index contributed by atoms with van der Waals surface area (Å²) in [4.78, 5) is 15.6. The van der Waals surface area contributed by atoms with E-state index in [4.69, 9.17) is 5.73 Å². The van der Waals surface area contributed by atoms with E-state index < -0.39 is 0 Å². The maximum Gasteiger partial charge on any atom is 0.181 e. The first-order chi connectivity index (χ1) is 8.36. The molecule has 84 valence electrons. The van der Waals surface area contributed by atoms with Crippen molar-refractivity contribution < 1.29 is 0 Å². The van der Waals surface area contributed by atoms with Crippen LogP contribution in [-0.4, -0.2) is 19.9 Å². The van der Waals surface area contributed by atoms with Gasteiger partial charge in [0, 0.05) is 12.1 Å². The minimum atomic E-state index is 0.548. The van der Waals surface area contributed by atoms with Crippen LogP contribution in [0, 0.1) is 0 Å². The van der Waals surface area contributed by atoms with Gasteiger partial charge >= 0.3 is 0 Å². The quantitative estimate of drug-likeness (QED) is 0.692. The topological polar surface area (TPSA) is 80.5 Å². The molecule has 0 spiro atoms. The average molecular weight is 225 g/mol. The third kappa shape index (κ3) is 1.76. The van der Waals surface area contributed by atoms with E-state index in [-0.39, 0.29) is 0 Å². The van der Waals surface area contributed by atoms with Gasteiger partial charge in [0.25, 0.3) is 0 Å². The van der Waals surface area contributed by atoms with Crippen molar-refractivity contribution in [3.05, 3.63) is 42.4 Å². The van der Waals surface area contributed by atoms with Gasteiger partial charge in [-0.1, -0.05) is 24.3 Å². The number of hydrogen-bond donors (Lipinski definition) is 2. The fourth-order valence-electron chi connectivity index (χ4n) is 1.70. The molecule has 2 heterocycles. The van der Waals surface area contributed by atoms with E-state index in [1.165, 1.54) is 6.33 Å². The number of aromatic amines is 1. The Morgan fingerprint density at radius 3 is 2.71 bits per heavy atom. The first-order valence-corrected chi connectivity index (χ1v) is 5.32. The maximum absolute atomic E-state index is 5.56. The van der Waals surface area contributed by atoms with Crippen molar-refractivity contribution in [2.45, 2.75) is 6.54 Å². The van der Waals surface area contributed by atoms with Crippen molar-refractivity contribution >= 4 is 11.2 Å². The zero-order chi connectivity index (χ0) is 11.7. The monoisotopic (exact) mass is 225 g/mol. The molecule has 0 aliphatic heterocycles.